The van der Waals surface area contributed by atoms with E-state index in [1.54, 1.807) is 30.5 Å². The summed E-state index contributed by atoms with van der Waals surface area (Å²) in [6.07, 6.45) is 4.24. The van der Waals surface area contributed by atoms with Crippen molar-refractivity contribution < 1.29 is 9.59 Å². The molecule has 0 bridgehead atoms. The minimum atomic E-state index is -0.364. The molecule has 0 atom stereocenters. The molecule has 3 heterocycles. The van der Waals surface area contributed by atoms with Crippen molar-refractivity contribution in [1.29, 1.82) is 0 Å². The van der Waals surface area contributed by atoms with Gasteiger partial charge in [-0.3, -0.25) is 14.7 Å². The van der Waals surface area contributed by atoms with Crippen LogP contribution in [0.25, 0.3) is 11.4 Å². The fraction of sp³-hybridized carbons (Fsp3) is 0.400. The molecule has 5 N–H and O–H groups in total. The zero-order valence-corrected chi connectivity index (χ0v) is 20.2. The summed E-state index contributed by atoms with van der Waals surface area (Å²) in [5, 5.41) is 13.3. The number of amides is 2. The molecule has 0 unspecified atom stereocenters. The zero-order valence-electron chi connectivity index (χ0n) is 20.2. The molecule has 2 amide bonds. The third kappa shape index (κ3) is 4.49. The monoisotopic (exact) mass is 474 g/mol. The van der Waals surface area contributed by atoms with Gasteiger partial charge in [-0.25, -0.2) is 9.97 Å². The third-order valence-electron chi connectivity index (χ3n) is 6.85. The van der Waals surface area contributed by atoms with E-state index in [1.165, 1.54) is 0 Å². The second-order valence-electron chi connectivity index (χ2n) is 10.1. The largest absolute Gasteiger partial charge is 0.368 e. The maximum atomic E-state index is 13.3. The van der Waals surface area contributed by atoms with Crippen molar-refractivity contribution in [3.63, 3.8) is 0 Å². The molecular weight excluding hydrogens is 444 g/mol. The number of anilines is 2. The summed E-state index contributed by atoms with van der Waals surface area (Å²) in [6.45, 7) is 6.06. The van der Waals surface area contributed by atoms with Crippen LogP contribution in [0.1, 0.15) is 58.7 Å². The number of benzene rings is 1. The number of fused-ring (bicyclic) bond motifs is 3. The SMILES string of the molecule is CN1CCC(NC(=O)c2cccc(NC(=O)c3[nH]nc4c3C(C)(C)Cc3cnc(N)nc3-4)c2)CC1. The number of aromatic nitrogens is 4. The van der Waals surface area contributed by atoms with E-state index < -0.39 is 0 Å². The first-order valence-corrected chi connectivity index (χ1v) is 11.8. The van der Waals surface area contributed by atoms with Gasteiger partial charge < -0.3 is 21.3 Å². The Balaban J connectivity index is 1.36. The van der Waals surface area contributed by atoms with E-state index >= 15 is 0 Å². The summed E-state index contributed by atoms with van der Waals surface area (Å²) < 4.78 is 0. The summed E-state index contributed by atoms with van der Waals surface area (Å²) in [5.41, 5.74) is 9.85. The van der Waals surface area contributed by atoms with Crippen LogP contribution in [-0.4, -0.2) is 63.1 Å². The van der Waals surface area contributed by atoms with Crippen LogP contribution in [-0.2, 0) is 11.8 Å². The molecule has 0 saturated carbocycles. The number of likely N-dealkylation sites (tertiary alicyclic amines) is 1. The number of H-pyrrole nitrogens is 1. The molecule has 10 nitrogen and oxygen atoms in total. The highest BCUT2D eigenvalue weighted by Gasteiger charge is 2.38. The van der Waals surface area contributed by atoms with Gasteiger partial charge in [0.2, 0.25) is 5.95 Å². The number of hydrogen-bond donors (Lipinski definition) is 4. The second kappa shape index (κ2) is 8.77. The average molecular weight is 475 g/mol. The highest BCUT2D eigenvalue weighted by Crippen LogP contribution is 2.42. The third-order valence-corrected chi connectivity index (χ3v) is 6.85. The number of piperidine rings is 1. The number of nitrogens with one attached hydrogen (secondary N) is 3. The van der Waals surface area contributed by atoms with Crippen molar-refractivity contribution in [2.75, 3.05) is 31.2 Å². The van der Waals surface area contributed by atoms with Crippen LogP contribution in [0.15, 0.2) is 30.5 Å². The van der Waals surface area contributed by atoms with Gasteiger partial charge in [0.25, 0.3) is 11.8 Å². The topological polar surface area (TPSA) is 142 Å². The summed E-state index contributed by atoms with van der Waals surface area (Å²) in [4.78, 5) is 36.8. The smallest absolute Gasteiger partial charge is 0.273 e. The first-order chi connectivity index (χ1) is 16.7. The minimum Gasteiger partial charge on any atom is -0.368 e. The highest BCUT2D eigenvalue weighted by atomic mass is 16.2. The number of hydrogen-bond acceptors (Lipinski definition) is 7. The van der Waals surface area contributed by atoms with E-state index in [9.17, 15) is 9.59 Å². The molecule has 35 heavy (non-hydrogen) atoms. The molecular formula is C25H30N8O2. The Bertz CT molecular complexity index is 1290. The van der Waals surface area contributed by atoms with Crippen molar-refractivity contribution in [2.24, 2.45) is 0 Å². The molecule has 2 aromatic heterocycles. The standard InChI is InChI=1S/C25H30N8O2/c1-25(2)12-15-13-27-24(26)30-19(15)20-18(25)21(32-31-20)23(35)29-17-6-4-5-14(11-17)22(34)28-16-7-9-33(3)10-8-16/h4-6,11,13,16H,7-10,12H2,1-3H3,(H,28,34)(H,29,35)(H,31,32)(H2,26,27,30). The Kier molecular flexibility index (Phi) is 5.76. The first kappa shape index (κ1) is 23.0. The van der Waals surface area contributed by atoms with Gasteiger partial charge in [0.15, 0.2) is 0 Å². The Morgan fingerprint density at radius 2 is 1.94 bits per heavy atom. The lowest BCUT2D eigenvalue weighted by Gasteiger charge is -2.30. The normalized spacial score (nSPS) is 17.3. The predicted octanol–water partition coefficient (Wildman–Crippen LogP) is 2.36. The maximum absolute atomic E-state index is 13.3. The van der Waals surface area contributed by atoms with Crippen molar-refractivity contribution in [3.8, 4) is 11.4 Å². The molecule has 2 aliphatic rings. The number of aromatic amines is 1. The Hall–Kier alpha value is -3.79. The lowest BCUT2D eigenvalue weighted by atomic mass is 9.73. The van der Waals surface area contributed by atoms with Gasteiger partial charge in [-0.15, -0.1) is 0 Å². The molecule has 5 rings (SSSR count). The van der Waals surface area contributed by atoms with Gasteiger partial charge in [-0.1, -0.05) is 19.9 Å². The van der Waals surface area contributed by atoms with Crippen LogP contribution in [0.3, 0.4) is 0 Å². The number of rotatable bonds is 4. The number of nitrogen functional groups attached to an aromatic ring is 1. The molecule has 3 aromatic rings. The van der Waals surface area contributed by atoms with Crippen molar-refractivity contribution >= 4 is 23.5 Å². The van der Waals surface area contributed by atoms with E-state index in [2.05, 4.69) is 56.6 Å². The van der Waals surface area contributed by atoms with Gasteiger partial charge in [-0.05, 0) is 68.6 Å². The number of carbonyl (C=O) groups excluding carboxylic acids is 2. The van der Waals surface area contributed by atoms with E-state index in [0.29, 0.717) is 34.8 Å². The maximum Gasteiger partial charge on any atom is 0.273 e. The number of nitrogens with two attached hydrogens (primary N) is 1. The average Bonchev–Trinajstić information content (AvgIpc) is 3.28. The Morgan fingerprint density at radius 3 is 2.71 bits per heavy atom. The number of nitrogens with zero attached hydrogens (tertiary/aromatic N) is 4. The molecule has 1 aliphatic heterocycles. The second-order valence-corrected chi connectivity index (χ2v) is 10.1. The molecule has 1 aliphatic carbocycles. The van der Waals surface area contributed by atoms with E-state index in [4.69, 9.17) is 5.73 Å². The lowest BCUT2D eigenvalue weighted by molar-refractivity contribution is 0.0916. The van der Waals surface area contributed by atoms with Crippen LogP contribution in [0.4, 0.5) is 11.6 Å². The first-order valence-electron chi connectivity index (χ1n) is 11.8. The summed E-state index contributed by atoms with van der Waals surface area (Å²) in [6, 6.07) is 7.14. The van der Waals surface area contributed by atoms with Crippen molar-refractivity contribution in [3.05, 3.63) is 52.8 Å². The molecule has 182 valence electrons. The molecule has 1 saturated heterocycles. The fourth-order valence-electron chi connectivity index (χ4n) is 5.01. The highest BCUT2D eigenvalue weighted by molar-refractivity contribution is 6.06. The van der Waals surface area contributed by atoms with Crippen LogP contribution >= 0.6 is 0 Å². The quantitative estimate of drug-likeness (QED) is 0.455. The predicted molar refractivity (Wildman–Crippen MR) is 133 cm³/mol. The zero-order chi connectivity index (χ0) is 24.7. The van der Waals surface area contributed by atoms with E-state index in [0.717, 1.165) is 37.1 Å². The van der Waals surface area contributed by atoms with Crippen LogP contribution < -0.4 is 16.4 Å². The van der Waals surface area contributed by atoms with Crippen molar-refractivity contribution in [2.45, 2.75) is 44.6 Å². The lowest BCUT2D eigenvalue weighted by Crippen LogP contribution is -2.43. The molecule has 10 heteroatoms. The summed E-state index contributed by atoms with van der Waals surface area (Å²) >= 11 is 0. The van der Waals surface area contributed by atoms with E-state index in [-0.39, 0.29) is 29.2 Å². The van der Waals surface area contributed by atoms with Gasteiger partial charge in [0.05, 0.1) is 5.69 Å². The molecule has 0 spiro atoms. The van der Waals surface area contributed by atoms with Crippen LogP contribution in [0.5, 0.6) is 0 Å². The van der Waals surface area contributed by atoms with Gasteiger partial charge in [0, 0.05) is 29.1 Å². The van der Waals surface area contributed by atoms with Crippen LogP contribution in [0.2, 0.25) is 0 Å². The number of carbonyl (C=O) groups is 2. The Morgan fingerprint density at radius 1 is 1.17 bits per heavy atom. The minimum absolute atomic E-state index is 0.135. The van der Waals surface area contributed by atoms with Gasteiger partial charge in [-0.2, -0.15) is 5.10 Å². The Labute approximate surface area is 203 Å². The van der Waals surface area contributed by atoms with Crippen LogP contribution in [0, 0.1) is 0 Å². The summed E-state index contributed by atoms with van der Waals surface area (Å²) in [7, 11) is 2.09. The molecule has 1 aromatic carbocycles. The molecule has 0 radical (unpaired) electrons. The van der Waals surface area contributed by atoms with E-state index in [1.807, 2.05) is 0 Å². The fourth-order valence-corrected chi connectivity index (χ4v) is 5.01. The van der Waals surface area contributed by atoms with Crippen molar-refractivity contribution in [1.82, 2.24) is 30.4 Å². The summed E-state index contributed by atoms with van der Waals surface area (Å²) in [5.74, 6) is -0.298. The van der Waals surface area contributed by atoms with Gasteiger partial charge in [0.1, 0.15) is 11.4 Å². The van der Waals surface area contributed by atoms with Gasteiger partial charge >= 0.3 is 0 Å². The molecule has 1 fully saturated rings.